The number of amides is 1. The third-order valence-electron chi connectivity index (χ3n) is 3.43. The lowest BCUT2D eigenvalue weighted by molar-refractivity contribution is -0.140. The second kappa shape index (κ2) is 5.59. The number of carbonyl (C=O) groups excluding carboxylic acids is 1. The summed E-state index contributed by atoms with van der Waals surface area (Å²) in [6, 6.07) is 5.33. The normalized spacial score (nSPS) is 11.9. The molecule has 4 nitrogen and oxygen atoms in total. The summed E-state index contributed by atoms with van der Waals surface area (Å²) in [5.41, 5.74) is -0.373. The molecular weight excluding hydrogens is 346 g/mol. The highest BCUT2D eigenvalue weighted by Crippen LogP contribution is 2.37. The van der Waals surface area contributed by atoms with Gasteiger partial charge in [-0.15, -0.1) is 11.3 Å². The topological polar surface area (TPSA) is 46.9 Å². The average molecular weight is 357 g/mol. The van der Waals surface area contributed by atoms with Crippen molar-refractivity contribution in [3.63, 3.8) is 0 Å². The Hall–Kier alpha value is -2.42. The summed E-state index contributed by atoms with van der Waals surface area (Å²) in [7, 11) is 1.38. The van der Waals surface area contributed by atoms with Gasteiger partial charge >= 0.3 is 6.18 Å². The van der Waals surface area contributed by atoms with Crippen molar-refractivity contribution in [2.45, 2.75) is 13.1 Å². The molecule has 0 aliphatic heterocycles. The van der Waals surface area contributed by atoms with Crippen LogP contribution in [0.3, 0.4) is 0 Å². The monoisotopic (exact) mass is 357 g/mol. The number of aryl methyl sites for hydroxylation is 2. The van der Waals surface area contributed by atoms with Crippen LogP contribution >= 0.6 is 11.3 Å². The molecule has 0 saturated heterocycles. The largest absolute Gasteiger partial charge is 0.435 e. The molecule has 0 saturated carbocycles. The van der Waals surface area contributed by atoms with E-state index < -0.39 is 23.6 Å². The van der Waals surface area contributed by atoms with Gasteiger partial charge in [-0.3, -0.25) is 9.48 Å². The Morgan fingerprint density at radius 1 is 1.29 bits per heavy atom. The summed E-state index contributed by atoms with van der Waals surface area (Å²) in [5, 5.41) is 5.79. The standard InChI is InChI=1S/C15H11F4N3OS/c1-7-3-4-8(5-10(7)16)20-13(23)11-6-9-12(15(17,18)19)21-22(2)14(9)24-11/h3-6H,1-2H3,(H,20,23). The van der Waals surface area contributed by atoms with Crippen LogP contribution in [0.5, 0.6) is 0 Å². The van der Waals surface area contributed by atoms with Crippen molar-refractivity contribution in [3.05, 3.63) is 46.2 Å². The highest BCUT2D eigenvalue weighted by atomic mass is 32.1. The van der Waals surface area contributed by atoms with Crippen LogP contribution in [0.15, 0.2) is 24.3 Å². The molecular formula is C15H11F4N3OS. The van der Waals surface area contributed by atoms with Crippen LogP contribution in [0.4, 0.5) is 23.2 Å². The Bertz CT molecular complexity index is 942. The molecule has 1 amide bonds. The van der Waals surface area contributed by atoms with Crippen molar-refractivity contribution in [1.82, 2.24) is 9.78 Å². The summed E-state index contributed by atoms with van der Waals surface area (Å²) in [6.45, 7) is 1.58. The first-order valence-corrected chi connectivity index (χ1v) is 7.59. The molecule has 0 radical (unpaired) electrons. The predicted molar refractivity (Wildman–Crippen MR) is 82.7 cm³/mol. The molecule has 0 atom stereocenters. The fraction of sp³-hybridized carbons (Fsp3) is 0.200. The van der Waals surface area contributed by atoms with Crippen molar-refractivity contribution >= 4 is 33.1 Å². The molecule has 0 bridgehead atoms. The van der Waals surface area contributed by atoms with Crippen LogP contribution in [-0.4, -0.2) is 15.7 Å². The van der Waals surface area contributed by atoms with Gasteiger partial charge in [-0.05, 0) is 30.7 Å². The Kier molecular flexibility index (Phi) is 3.83. The summed E-state index contributed by atoms with van der Waals surface area (Å²) >= 11 is 0.890. The molecule has 1 N–H and O–H groups in total. The van der Waals surface area contributed by atoms with Gasteiger partial charge in [0, 0.05) is 18.1 Å². The van der Waals surface area contributed by atoms with Gasteiger partial charge in [0.2, 0.25) is 0 Å². The Labute approximate surface area is 137 Å². The molecule has 0 unspecified atom stereocenters. The van der Waals surface area contributed by atoms with Crippen molar-refractivity contribution in [1.29, 1.82) is 0 Å². The molecule has 9 heteroatoms. The van der Waals surface area contributed by atoms with E-state index in [4.69, 9.17) is 0 Å². The molecule has 3 aromatic rings. The summed E-state index contributed by atoms with van der Waals surface area (Å²) in [4.78, 5) is 12.5. The van der Waals surface area contributed by atoms with Crippen LogP contribution in [0.25, 0.3) is 10.2 Å². The summed E-state index contributed by atoms with van der Waals surface area (Å²) in [5.74, 6) is -1.08. The molecule has 0 fully saturated rings. The zero-order valence-corrected chi connectivity index (χ0v) is 13.3. The first-order chi connectivity index (χ1) is 11.2. The SMILES string of the molecule is Cc1ccc(NC(=O)c2cc3c(C(F)(F)F)nn(C)c3s2)cc1F. The number of thiophene rings is 1. The van der Waals surface area contributed by atoms with Gasteiger partial charge in [0.1, 0.15) is 10.6 Å². The highest BCUT2D eigenvalue weighted by molar-refractivity contribution is 7.20. The van der Waals surface area contributed by atoms with E-state index >= 15 is 0 Å². The quantitative estimate of drug-likeness (QED) is 0.693. The molecule has 0 aliphatic carbocycles. The van der Waals surface area contributed by atoms with Crippen molar-refractivity contribution < 1.29 is 22.4 Å². The number of anilines is 1. The second-order valence-corrected chi connectivity index (χ2v) is 6.25. The fourth-order valence-corrected chi connectivity index (χ4v) is 3.19. The number of nitrogens with one attached hydrogen (secondary N) is 1. The van der Waals surface area contributed by atoms with Crippen LogP contribution in [-0.2, 0) is 13.2 Å². The average Bonchev–Trinajstić information content (AvgIpc) is 3.03. The van der Waals surface area contributed by atoms with E-state index in [1.807, 2.05) is 0 Å². The van der Waals surface area contributed by atoms with Crippen molar-refractivity contribution in [2.75, 3.05) is 5.32 Å². The highest BCUT2D eigenvalue weighted by Gasteiger charge is 2.37. The number of benzene rings is 1. The molecule has 1 aromatic carbocycles. The van der Waals surface area contributed by atoms with Crippen LogP contribution in [0.2, 0.25) is 0 Å². The van der Waals surface area contributed by atoms with Crippen LogP contribution in [0, 0.1) is 12.7 Å². The van der Waals surface area contributed by atoms with Crippen molar-refractivity contribution in [3.8, 4) is 0 Å². The van der Waals surface area contributed by atoms with Gasteiger partial charge in [0.05, 0.1) is 4.88 Å². The van der Waals surface area contributed by atoms with E-state index in [1.165, 1.54) is 19.2 Å². The van der Waals surface area contributed by atoms with Gasteiger partial charge in [0.25, 0.3) is 5.91 Å². The number of nitrogens with zero attached hydrogens (tertiary/aromatic N) is 2. The van der Waals surface area contributed by atoms with Crippen molar-refractivity contribution in [2.24, 2.45) is 7.05 Å². The Balaban J connectivity index is 1.94. The van der Waals surface area contributed by atoms with E-state index in [1.54, 1.807) is 6.92 Å². The van der Waals surface area contributed by atoms with E-state index in [0.717, 1.165) is 28.2 Å². The first kappa shape index (κ1) is 16.4. The number of hydrogen-bond acceptors (Lipinski definition) is 3. The maximum Gasteiger partial charge on any atom is 0.435 e. The number of halogens is 4. The summed E-state index contributed by atoms with van der Waals surface area (Å²) in [6.07, 6.45) is -4.60. The summed E-state index contributed by atoms with van der Waals surface area (Å²) < 4.78 is 53.5. The molecule has 3 rings (SSSR count). The third-order valence-corrected chi connectivity index (χ3v) is 4.63. The number of aromatic nitrogens is 2. The van der Waals surface area contributed by atoms with Gasteiger partial charge < -0.3 is 5.32 Å². The van der Waals surface area contributed by atoms with E-state index in [9.17, 15) is 22.4 Å². The number of alkyl halides is 3. The van der Waals surface area contributed by atoms with Crippen LogP contribution < -0.4 is 5.32 Å². The lowest BCUT2D eigenvalue weighted by Gasteiger charge is -2.05. The van der Waals surface area contributed by atoms with E-state index in [0.29, 0.717) is 5.56 Å². The maximum absolute atomic E-state index is 13.5. The first-order valence-electron chi connectivity index (χ1n) is 6.78. The number of carbonyl (C=O) groups is 1. The minimum atomic E-state index is -4.60. The minimum absolute atomic E-state index is 0.0875. The zero-order chi connectivity index (χ0) is 17.6. The third kappa shape index (κ3) is 2.86. The fourth-order valence-electron chi connectivity index (χ4n) is 2.23. The molecule has 2 aromatic heterocycles. The molecule has 0 spiro atoms. The van der Waals surface area contributed by atoms with Gasteiger partial charge in [-0.25, -0.2) is 4.39 Å². The number of hydrogen-bond donors (Lipinski definition) is 1. The molecule has 0 aliphatic rings. The Morgan fingerprint density at radius 2 is 2.00 bits per heavy atom. The lowest BCUT2D eigenvalue weighted by Crippen LogP contribution is -2.11. The van der Waals surface area contributed by atoms with Gasteiger partial charge in [0.15, 0.2) is 5.69 Å². The smallest absolute Gasteiger partial charge is 0.321 e. The predicted octanol–water partition coefficient (Wildman–Crippen LogP) is 4.35. The lowest BCUT2D eigenvalue weighted by atomic mass is 10.2. The Morgan fingerprint density at radius 3 is 2.62 bits per heavy atom. The van der Waals surface area contributed by atoms with E-state index in [2.05, 4.69) is 10.4 Å². The van der Waals surface area contributed by atoms with E-state index in [-0.39, 0.29) is 20.8 Å². The molecule has 2 heterocycles. The maximum atomic E-state index is 13.5. The number of fused-ring (bicyclic) bond motifs is 1. The molecule has 126 valence electrons. The second-order valence-electron chi connectivity index (χ2n) is 5.22. The minimum Gasteiger partial charge on any atom is -0.321 e. The number of rotatable bonds is 2. The van der Waals surface area contributed by atoms with Gasteiger partial charge in [-0.1, -0.05) is 6.07 Å². The van der Waals surface area contributed by atoms with Crippen LogP contribution in [0.1, 0.15) is 20.9 Å². The van der Waals surface area contributed by atoms with Gasteiger partial charge in [-0.2, -0.15) is 18.3 Å². The zero-order valence-electron chi connectivity index (χ0n) is 12.5. The molecule has 24 heavy (non-hydrogen) atoms.